The van der Waals surface area contributed by atoms with Crippen LogP contribution in [0.25, 0.3) is 0 Å². The van der Waals surface area contributed by atoms with E-state index in [1.165, 1.54) is 6.92 Å². The van der Waals surface area contributed by atoms with Crippen LogP contribution in [0.4, 0.5) is 0 Å². The molecule has 6 rings (SSSR count). The maximum Gasteiger partial charge on any atom is 0.338 e. The van der Waals surface area contributed by atoms with Crippen LogP contribution in [0, 0.1) is 34.0 Å². The molecular formula is C39H49NO11. The van der Waals surface area contributed by atoms with Crippen LogP contribution in [0.1, 0.15) is 76.3 Å². The van der Waals surface area contributed by atoms with Gasteiger partial charge in [-0.25, -0.2) is 9.59 Å². The van der Waals surface area contributed by atoms with Gasteiger partial charge in [-0.1, -0.05) is 76.2 Å². The number of carbonyl (C=O) groups is 4. The molecule has 1 heterocycles. The summed E-state index contributed by atoms with van der Waals surface area (Å²) in [5.41, 5.74) is -5.28. The summed E-state index contributed by atoms with van der Waals surface area (Å²) in [6.45, 7) is 9.93. The molecule has 0 aromatic heterocycles. The number of benzene rings is 2. The van der Waals surface area contributed by atoms with Gasteiger partial charge in [0, 0.05) is 42.4 Å². The van der Waals surface area contributed by atoms with Crippen LogP contribution in [-0.4, -0.2) is 92.9 Å². The number of nitrogens with one attached hydrogen (secondary N) is 1. The molecule has 13 atom stereocenters. The van der Waals surface area contributed by atoms with Gasteiger partial charge in [0.15, 0.2) is 11.9 Å². The highest BCUT2D eigenvalue weighted by atomic mass is 16.6. The lowest BCUT2D eigenvalue weighted by Gasteiger charge is -2.69. The second-order valence-corrected chi connectivity index (χ2v) is 16.1. The summed E-state index contributed by atoms with van der Waals surface area (Å²) in [7, 11) is 0. The Hall–Kier alpha value is -3.68. The number of aliphatic hydroxyl groups excluding tert-OH is 3. The predicted octanol–water partition coefficient (Wildman–Crippen LogP) is 2.51. The monoisotopic (exact) mass is 707 g/mol. The number of fused-ring (bicyclic) bond motifs is 5. The summed E-state index contributed by atoms with van der Waals surface area (Å²) in [5, 5.41) is 51.0. The first-order chi connectivity index (χ1) is 23.9. The van der Waals surface area contributed by atoms with Crippen LogP contribution in [0.3, 0.4) is 0 Å². The minimum absolute atomic E-state index is 0.109. The number of carbonyl (C=O) groups excluding carboxylic acids is 4. The number of ether oxygens (including phenoxy) is 3. The van der Waals surface area contributed by atoms with Gasteiger partial charge in [-0.2, -0.15) is 0 Å². The van der Waals surface area contributed by atoms with Crippen LogP contribution >= 0.6 is 0 Å². The number of hydrogen-bond donors (Lipinski definition) is 5. The van der Waals surface area contributed by atoms with E-state index in [0.717, 1.165) is 0 Å². The zero-order chi connectivity index (χ0) is 37.3. The Bertz CT molecular complexity index is 1670. The first-order valence-electron chi connectivity index (χ1n) is 17.6. The number of esters is 2. The molecule has 1 saturated heterocycles. The van der Waals surface area contributed by atoms with Crippen molar-refractivity contribution in [3.63, 3.8) is 0 Å². The van der Waals surface area contributed by atoms with Gasteiger partial charge in [-0.05, 0) is 30.5 Å². The molecule has 51 heavy (non-hydrogen) atoms. The van der Waals surface area contributed by atoms with E-state index in [1.54, 1.807) is 88.4 Å². The number of amides is 1. The third kappa shape index (κ3) is 5.70. The molecule has 0 spiro atoms. The largest absolute Gasteiger partial charge is 0.460 e. The van der Waals surface area contributed by atoms with E-state index in [0.29, 0.717) is 5.56 Å². The number of rotatable bonds is 7. The Balaban J connectivity index is 1.46. The summed E-state index contributed by atoms with van der Waals surface area (Å²) in [6.07, 6.45) is -8.24. The van der Waals surface area contributed by atoms with Crippen molar-refractivity contribution in [2.45, 2.75) is 103 Å². The van der Waals surface area contributed by atoms with Crippen molar-refractivity contribution < 1.29 is 53.8 Å². The Morgan fingerprint density at radius 1 is 0.961 bits per heavy atom. The molecule has 276 valence electrons. The standard InChI is InChI=1S/C39H49NO11/c1-20-24(50-35(47)30(44)28(40-21(2)41)22-13-9-7-10-14-22)18-39(48)33(51-34(46)23-15-11-8-12-16-23)31-37(5)19-49-26(37)17-25(42)38(31,6)32(45)29(43)27(20)36(39,3)4/h7-16,20,24-31,33,42-44,48H,17-19H2,1-6H3,(H,40,41)/t20?,24-,25-,26?,27?,28-,29+,30+,31?,33-,37+,38+,39+/m0/s1. The molecule has 4 fully saturated rings. The molecule has 1 aliphatic heterocycles. The summed E-state index contributed by atoms with van der Waals surface area (Å²) in [4.78, 5) is 54.6. The van der Waals surface area contributed by atoms with Crippen molar-refractivity contribution in [3.05, 3.63) is 71.8 Å². The van der Waals surface area contributed by atoms with Crippen molar-refractivity contribution in [2.24, 2.45) is 34.0 Å². The van der Waals surface area contributed by atoms with Gasteiger partial charge in [0.05, 0.1) is 35.8 Å². The Morgan fingerprint density at radius 3 is 2.14 bits per heavy atom. The highest BCUT2D eigenvalue weighted by Gasteiger charge is 2.76. The average molecular weight is 708 g/mol. The van der Waals surface area contributed by atoms with Crippen molar-refractivity contribution >= 4 is 23.6 Å². The Morgan fingerprint density at radius 2 is 1.57 bits per heavy atom. The molecule has 3 aliphatic carbocycles. The van der Waals surface area contributed by atoms with Crippen LogP contribution in [0.15, 0.2) is 60.7 Å². The fourth-order valence-electron chi connectivity index (χ4n) is 9.92. The lowest BCUT2D eigenvalue weighted by Crippen LogP contribution is -2.79. The maximum atomic E-state index is 14.7. The Kier molecular flexibility index (Phi) is 9.50. The topological polar surface area (TPSA) is 189 Å². The van der Waals surface area contributed by atoms with E-state index in [2.05, 4.69) is 5.32 Å². The van der Waals surface area contributed by atoms with Gasteiger partial charge in [0.25, 0.3) is 0 Å². The third-order valence-corrected chi connectivity index (χ3v) is 12.9. The average Bonchev–Trinajstić information content (AvgIpc) is 3.09. The van der Waals surface area contributed by atoms with E-state index in [-0.39, 0.29) is 25.0 Å². The number of ketones is 1. The Labute approximate surface area is 297 Å². The van der Waals surface area contributed by atoms with Crippen molar-refractivity contribution in [1.29, 1.82) is 0 Å². The van der Waals surface area contributed by atoms with Gasteiger partial charge >= 0.3 is 11.9 Å². The first-order valence-corrected chi connectivity index (χ1v) is 17.6. The predicted molar refractivity (Wildman–Crippen MR) is 182 cm³/mol. The van der Waals surface area contributed by atoms with Gasteiger partial charge in [-0.15, -0.1) is 0 Å². The molecule has 5 N–H and O–H groups in total. The smallest absolute Gasteiger partial charge is 0.338 e. The molecule has 4 unspecified atom stereocenters. The quantitative estimate of drug-likeness (QED) is 0.266. The van der Waals surface area contributed by atoms with Crippen molar-refractivity contribution in [3.8, 4) is 0 Å². The summed E-state index contributed by atoms with van der Waals surface area (Å²) in [5.74, 6) is -5.89. The first kappa shape index (κ1) is 37.1. The maximum absolute atomic E-state index is 14.7. The summed E-state index contributed by atoms with van der Waals surface area (Å²) < 4.78 is 18.2. The van der Waals surface area contributed by atoms with Crippen LogP contribution < -0.4 is 5.32 Å². The second kappa shape index (κ2) is 13.1. The van der Waals surface area contributed by atoms with Gasteiger partial charge in [0.2, 0.25) is 5.91 Å². The van der Waals surface area contributed by atoms with E-state index in [1.807, 2.05) is 6.92 Å². The normalized spacial score (nSPS) is 39.4. The van der Waals surface area contributed by atoms with Crippen LogP contribution in [0.5, 0.6) is 0 Å². The molecular weight excluding hydrogens is 658 g/mol. The van der Waals surface area contributed by atoms with E-state index >= 15 is 0 Å². The minimum atomic E-state index is -2.06. The summed E-state index contributed by atoms with van der Waals surface area (Å²) >= 11 is 0. The van der Waals surface area contributed by atoms with Gasteiger partial charge < -0.3 is 40.0 Å². The molecule has 3 saturated carbocycles. The molecule has 2 aromatic carbocycles. The number of Topliss-reactive ketones (excluding diaryl/α,β-unsaturated/α-hetero) is 1. The fraction of sp³-hybridized carbons (Fsp3) is 0.590. The highest BCUT2D eigenvalue weighted by Crippen LogP contribution is 2.66. The molecule has 12 heteroatoms. The van der Waals surface area contributed by atoms with Gasteiger partial charge in [0.1, 0.15) is 23.9 Å². The molecule has 1 amide bonds. The minimum Gasteiger partial charge on any atom is -0.460 e. The van der Waals surface area contributed by atoms with Crippen LogP contribution in [-0.2, 0) is 28.6 Å². The van der Waals surface area contributed by atoms with Crippen molar-refractivity contribution in [1.82, 2.24) is 5.32 Å². The van der Waals surface area contributed by atoms with Gasteiger partial charge in [-0.3, -0.25) is 9.59 Å². The second-order valence-electron chi connectivity index (χ2n) is 16.1. The third-order valence-electron chi connectivity index (χ3n) is 12.9. The van der Waals surface area contributed by atoms with E-state index in [4.69, 9.17) is 14.2 Å². The fourth-order valence-corrected chi connectivity index (χ4v) is 9.92. The lowest BCUT2D eigenvalue weighted by molar-refractivity contribution is -0.330. The zero-order valence-corrected chi connectivity index (χ0v) is 29.8. The summed E-state index contributed by atoms with van der Waals surface area (Å²) in [6, 6.07) is 15.5. The molecule has 2 bridgehead atoms. The lowest BCUT2D eigenvalue weighted by atomic mass is 9.40. The van der Waals surface area contributed by atoms with E-state index < -0.39 is 106 Å². The van der Waals surface area contributed by atoms with Crippen molar-refractivity contribution in [2.75, 3.05) is 6.61 Å². The molecule has 4 aliphatic rings. The zero-order valence-electron chi connectivity index (χ0n) is 29.8. The SMILES string of the molecule is CC(=O)N[C@@H](c1ccccc1)[C@@H](O)C(=O)O[C@H]1C[C@@]2(O)[C@@H](OC(=O)c3ccccc3)C3[C@]4(C)COC4C[C@H](O)[C@@]3(C)C(=O)[C@H](O)C(C1C)C2(C)C. The molecule has 2 aromatic rings. The number of hydrogen-bond acceptors (Lipinski definition) is 11. The highest BCUT2D eigenvalue weighted by molar-refractivity contribution is 5.92. The van der Waals surface area contributed by atoms with Crippen LogP contribution in [0.2, 0.25) is 0 Å². The van der Waals surface area contributed by atoms with E-state index in [9.17, 15) is 39.6 Å². The molecule has 12 nitrogen and oxygen atoms in total. The number of aliphatic hydroxyl groups is 4. The molecule has 0 radical (unpaired) electrons.